The predicted octanol–water partition coefficient (Wildman–Crippen LogP) is -1.46. The summed E-state index contributed by atoms with van der Waals surface area (Å²) in [6.45, 7) is 0. The normalized spacial score (nSPS) is 11.5. The average molecular weight is 257 g/mol. The molecule has 5 nitrogen and oxygen atoms in total. The van der Waals surface area contributed by atoms with Gasteiger partial charge in [-0.2, -0.15) is 0 Å². The third-order valence-electron chi connectivity index (χ3n) is 1.73. The van der Waals surface area contributed by atoms with Crippen LogP contribution in [0.15, 0.2) is 18.2 Å². The van der Waals surface area contributed by atoms with Gasteiger partial charge in [-0.15, -0.1) is 11.5 Å². The van der Waals surface area contributed by atoms with Gasteiger partial charge in [-0.1, -0.05) is 24.2 Å². The first kappa shape index (κ1) is 13.8. The molecule has 0 saturated heterocycles. The van der Waals surface area contributed by atoms with E-state index in [2.05, 4.69) is 0 Å². The molecule has 1 rings (SSSR count). The largest absolute Gasteiger partial charge is 2.00 e. The zero-order chi connectivity index (χ0) is 10.7. The summed E-state index contributed by atoms with van der Waals surface area (Å²) in [5.41, 5.74) is 7.41. The maximum Gasteiger partial charge on any atom is 2.00 e. The van der Waals surface area contributed by atoms with Gasteiger partial charge in [-0.3, -0.25) is 0 Å². The number of carbonyl (C=O) groups excluding carboxylic acids is 1. The molecule has 0 aliphatic carbocycles. The Morgan fingerprint density at radius 2 is 1.93 bits per heavy atom. The number of rotatable bonds is 3. The molecular weight excluding hydrogens is 250 g/mol. The summed E-state index contributed by atoms with van der Waals surface area (Å²) < 4.78 is 0. The van der Waals surface area contributed by atoms with E-state index in [0.29, 0.717) is 5.56 Å². The molecule has 1 atom stereocenters. The van der Waals surface area contributed by atoms with Gasteiger partial charge in [0.1, 0.15) is 0 Å². The Morgan fingerprint density at radius 1 is 1.33 bits per heavy atom. The molecule has 0 amide bonds. The van der Waals surface area contributed by atoms with Crippen LogP contribution in [0.5, 0.6) is 11.5 Å². The van der Waals surface area contributed by atoms with Gasteiger partial charge in [0.05, 0.1) is 0 Å². The second-order valence-corrected chi connectivity index (χ2v) is 2.86. The molecule has 0 aliphatic heterocycles. The number of nitrogens with one attached hydrogen (secondary N) is 1. The van der Waals surface area contributed by atoms with E-state index in [4.69, 9.17) is 5.73 Å². The van der Waals surface area contributed by atoms with Crippen LogP contribution in [0.25, 0.3) is 5.73 Å². The van der Waals surface area contributed by atoms with Crippen molar-refractivity contribution in [2.45, 2.75) is 12.5 Å². The molecule has 1 aromatic carbocycles. The van der Waals surface area contributed by atoms with Crippen molar-refractivity contribution in [1.29, 1.82) is 0 Å². The molecular formula is C9H7CuNO4-2. The molecule has 15 heavy (non-hydrogen) atoms. The smallest absolute Gasteiger partial charge is 0.873 e. The maximum absolute atomic E-state index is 10.9. The number of carboxylic acids is 1. The van der Waals surface area contributed by atoms with E-state index in [1.807, 2.05) is 0 Å². The van der Waals surface area contributed by atoms with Crippen LogP contribution in [-0.4, -0.2) is 12.0 Å². The SMILES string of the molecule is [Cu+2].[NH-][C@@H](Cc1ccc([O-])c([O-])c1)C(=O)[O-]. The van der Waals surface area contributed by atoms with E-state index in [9.17, 15) is 20.1 Å². The van der Waals surface area contributed by atoms with Crippen LogP contribution in [0.4, 0.5) is 0 Å². The molecule has 85 valence electrons. The average Bonchev–Trinajstić information content (AvgIpc) is 2.11. The van der Waals surface area contributed by atoms with E-state index >= 15 is 0 Å². The van der Waals surface area contributed by atoms with Crippen molar-refractivity contribution >= 4 is 5.97 Å². The van der Waals surface area contributed by atoms with Gasteiger partial charge < -0.3 is 25.8 Å². The number of hydrogen-bond acceptors (Lipinski definition) is 4. The fourth-order valence-electron chi connectivity index (χ4n) is 0.998. The molecule has 1 aromatic rings. The quantitative estimate of drug-likeness (QED) is 0.616. The third kappa shape index (κ3) is 3.79. The molecule has 0 bridgehead atoms. The molecule has 0 aliphatic rings. The first-order valence-corrected chi connectivity index (χ1v) is 3.89. The summed E-state index contributed by atoms with van der Waals surface area (Å²) in [6.07, 6.45) is -0.127. The second-order valence-electron chi connectivity index (χ2n) is 2.86. The minimum atomic E-state index is -1.50. The van der Waals surface area contributed by atoms with Crippen molar-refractivity contribution < 1.29 is 37.2 Å². The summed E-state index contributed by atoms with van der Waals surface area (Å²) in [5, 5.41) is 31.8. The Balaban J connectivity index is 0.00000196. The zero-order valence-electron chi connectivity index (χ0n) is 7.45. The van der Waals surface area contributed by atoms with Crippen molar-refractivity contribution in [3.8, 4) is 11.5 Å². The molecule has 0 saturated carbocycles. The molecule has 1 N–H and O–H groups in total. The van der Waals surface area contributed by atoms with Crippen molar-refractivity contribution in [2.24, 2.45) is 0 Å². The number of carbonyl (C=O) groups is 1. The van der Waals surface area contributed by atoms with Gasteiger partial charge >= 0.3 is 17.1 Å². The molecule has 6 heteroatoms. The van der Waals surface area contributed by atoms with Gasteiger partial charge in [0.2, 0.25) is 0 Å². The fourth-order valence-corrected chi connectivity index (χ4v) is 0.998. The van der Waals surface area contributed by atoms with Crippen LogP contribution in [0.1, 0.15) is 5.56 Å². The van der Waals surface area contributed by atoms with Crippen LogP contribution in [-0.2, 0) is 28.3 Å². The van der Waals surface area contributed by atoms with E-state index in [1.165, 1.54) is 6.07 Å². The maximum atomic E-state index is 10.9. The van der Waals surface area contributed by atoms with E-state index in [-0.39, 0.29) is 23.5 Å². The number of carboxylic acid groups (broad SMARTS) is 1. The second kappa shape index (κ2) is 5.60. The van der Waals surface area contributed by atoms with Gasteiger partial charge in [0.25, 0.3) is 0 Å². The van der Waals surface area contributed by atoms with Crippen molar-refractivity contribution in [3.05, 3.63) is 29.5 Å². The minimum Gasteiger partial charge on any atom is -0.873 e. The van der Waals surface area contributed by atoms with Crippen molar-refractivity contribution in [3.63, 3.8) is 0 Å². The van der Waals surface area contributed by atoms with E-state index in [1.54, 1.807) is 0 Å². The minimum absolute atomic E-state index is 0. The first-order valence-electron chi connectivity index (χ1n) is 3.89. The monoisotopic (exact) mass is 256 g/mol. The van der Waals surface area contributed by atoms with Crippen LogP contribution in [0.3, 0.4) is 0 Å². The Bertz CT molecular complexity index is 356. The van der Waals surface area contributed by atoms with Gasteiger partial charge in [0.15, 0.2) is 0 Å². The van der Waals surface area contributed by atoms with Gasteiger partial charge in [-0.25, -0.2) is 0 Å². The van der Waals surface area contributed by atoms with Gasteiger partial charge in [0, 0.05) is 5.97 Å². The molecule has 0 fully saturated rings. The van der Waals surface area contributed by atoms with E-state index in [0.717, 1.165) is 12.1 Å². The zero-order valence-corrected chi connectivity index (χ0v) is 8.39. The molecule has 0 unspecified atom stereocenters. The Labute approximate surface area is 97.0 Å². The summed E-state index contributed by atoms with van der Waals surface area (Å²) in [4.78, 5) is 10.2. The standard InChI is InChI=1S/C9H10NO4.Cu/c10-6(9(13)14)3-5-1-2-7(11)8(12)4-5;/h1-2,4,6,10-12H,3H2,(H,13,14);/q-1;+2/p-3/t6-;/m0./s1. The third-order valence-corrected chi connectivity index (χ3v) is 1.73. The topological polar surface area (TPSA) is 110 Å². The number of benzene rings is 1. The van der Waals surface area contributed by atoms with E-state index < -0.39 is 23.5 Å². The molecule has 1 radical (unpaired) electrons. The number of hydrogen-bond donors (Lipinski definition) is 0. The number of aliphatic carboxylic acids is 1. The molecule has 0 aromatic heterocycles. The van der Waals surface area contributed by atoms with Crippen LogP contribution >= 0.6 is 0 Å². The molecule has 0 spiro atoms. The summed E-state index contributed by atoms with van der Waals surface area (Å²) >= 11 is 0. The summed E-state index contributed by atoms with van der Waals surface area (Å²) in [7, 11) is 0. The Kier molecular flexibility index (Phi) is 5.14. The van der Waals surface area contributed by atoms with Crippen molar-refractivity contribution in [2.75, 3.05) is 0 Å². The van der Waals surface area contributed by atoms with Crippen molar-refractivity contribution in [1.82, 2.24) is 0 Å². The Morgan fingerprint density at radius 3 is 2.40 bits per heavy atom. The molecule has 0 heterocycles. The summed E-state index contributed by atoms with van der Waals surface area (Å²) in [6, 6.07) is 2.05. The Hall–Kier alpha value is -1.23. The predicted molar refractivity (Wildman–Crippen MR) is 42.2 cm³/mol. The summed E-state index contributed by atoms with van der Waals surface area (Å²) in [5.74, 6) is -2.82. The fraction of sp³-hybridized carbons (Fsp3) is 0.222. The van der Waals surface area contributed by atoms with Crippen LogP contribution in [0.2, 0.25) is 0 Å². The van der Waals surface area contributed by atoms with Crippen LogP contribution < -0.4 is 15.3 Å². The van der Waals surface area contributed by atoms with Crippen LogP contribution in [0, 0.1) is 0 Å². The van der Waals surface area contributed by atoms with Gasteiger partial charge in [-0.05, 0) is 12.0 Å². The first-order chi connectivity index (χ1) is 6.50.